The molecule has 0 saturated carbocycles. The van der Waals surface area contributed by atoms with Crippen LogP contribution in [0.5, 0.6) is 0 Å². The first-order chi connectivity index (χ1) is 14.1. The second-order valence-electron chi connectivity index (χ2n) is 7.03. The van der Waals surface area contributed by atoms with Crippen LogP contribution in [-0.4, -0.2) is 31.3 Å². The molecule has 0 aliphatic rings. The largest absolute Gasteiger partial charge is 0.334 e. The first-order valence-corrected chi connectivity index (χ1v) is 11.5. The third-order valence-electron chi connectivity index (χ3n) is 4.87. The van der Waals surface area contributed by atoms with Crippen LogP contribution in [0.25, 0.3) is 0 Å². The number of nitrogens with two attached hydrogens (primary N) is 1. The minimum absolute atomic E-state index is 0.00301. The summed E-state index contributed by atoms with van der Waals surface area (Å²) in [5, 5.41) is 5.97. The van der Waals surface area contributed by atoms with E-state index >= 15 is 0 Å². The quantitative estimate of drug-likeness (QED) is 0.624. The fourth-order valence-electron chi connectivity index (χ4n) is 3.01. The third kappa shape index (κ3) is 4.92. The Bertz CT molecular complexity index is 1170. The van der Waals surface area contributed by atoms with Gasteiger partial charge in [0, 0.05) is 13.5 Å². The zero-order chi connectivity index (χ0) is 22.1. The average molecular weight is 448 g/mol. The van der Waals surface area contributed by atoms with Gasteiger partial charge in [-0.15, -0.1) is 11.3 Å². The van der Waals surface area contributed by atoms with Crippen molar-refractivity contribution < 1.29 is 17.6 Å². The Morgan fingerprint density at radius 2 is 1.90 bits per heavy atom. The molecule has 0 aliphatic carbocycles. The average Bonchev–Trinajstić information content (AvgIpc) is 3.07. The van der Waals surface area contributed by atoms with Gasteiger partial charge < -0.3 is 4.90 Å². The van der Waals surface area contributed by atoms with Gasteiger partial charge in [0.05, 0.1) is 21.6 Å². The van der Waals surface area contributed by atoms with Crippen molar-refractivity contribution in [3.05, 3.63) is 81.1 Å². The number of amides is 1. The van der Waals surface area contributed by atoms with Gasteiger partial charge in [0.1, 0.15) is 10.7 Å². The summed E-state index contributed by atoms with van der Waals surface area (Å²) < 4.78 is 36.3. The van der Waals surface area contributed by atoms with Crippen molar-refractivity contribution in [3.63, 3.8) is 0 Å². The molecule has 2 N–H and O–H groups in total. The Balaban J connectivity index is 1.80. The van der Waals surface area contributed by atoms with Gasteiger partial charge in [0.25, 0.3) is 5.91 Å². The van der Waals surface area contributed by atoms with Gasteiger partial charge in [-0.3, -0.25) is 4.79 Å². The Labute approximate surface area is 179 Å². The molecular weight excluding hydrogens is 425 g/mol. The van der Waals surface area contributed by atoms with Gasteiger partial charge in [0.2, 0.25) is 10.0 Å². The van der Waals surface area contributed by atoms with E-state index in [-0.39, 0.29) is 22.7 Å². The molecule has 0 saturated heterocycles. The third-order valence-corrected chi connectivity index (χ3v) is 6.93. The number of carbonyl (C=O) groups excluding carboxylic acids is 1. The van der Waals surface area contributed by atoms with Crippen LogP contribution < -0.4 is 5.14 Å². The van der Waals surface area contributed by atoms with E-state index in [0.717, 1.165) is 10.6 Å². The standard InChI is InChI=1S/C21H22FN3O3S2/c1-13-20(29-19(24-13)11-15-7-9-17(22)10-8-15)21(26)25(3)14(2)16-5-4-6-18(12-16)30(23,27)28/h4-10,12,14H,11H2,1-3H3,(H2,23,27,28). The van der Waals surface area contributed by atoms with Crippen molar-refractivity contribution in [2.24, 2.45) is 5.14 Å². The zero-order valence-corrected chi connectivity index (χ0v) is 18.4. The number of benzene rings is 2. The van der Waals surface area contributed by atoms with Gasteiger partial charge in [0.15, 0.2) is 0 Å². The number of thiazole rings is 1. The van der Waals surface area contributed by atoms with E-state index < -0.39 is 10.0 Å². The molecule has 1 heterocycles. The first-order valence-electron chi connectivity index (χ1n) is 9.17. The summed E-state index contributed by atoms with van der Waals surface area (Å²) in [6, 6.07) is 12.1. The normalized spacial score (nSPS) is 12.6. The van der Waals surface area contributed by atoms with Crippen molar-refractivity contribution in [2.75, 3.05) is 7.05 Å². The van der Waals surface area contributed by atoms with Crippen molar-refractivity contribution >= 4 is 27.3 Å². The molecule has 1 unspecified atom stereocenters. The predicted molar refractivity (Wildman–Crippen MR) is 114 cm³/mol. The van der Waals surface area contributed by atoms with E-state index in [1.54, 1.807) is 43.1 Å². The van der Waals surface area contributed by atoms with E-state index in [2.05, 4.69) is 4.98 Å². The lowest BCUT2D eigenvalue weighted by Gasteiger charge is -2.25. The highest BCUT2D eigenvalue weighted by Gasteiger charge is 2.24. The number of aryl methyl sites for hydroxylation is 1. The molecule has 158 valence electrons. The fraction of sp³-hybridized carbons (Fsp3) is 0.238. The van der Waals surface area contributed by atoms with Crippen LogP contribution in [0.4, 0.5) is 4.39 Å². The van der Waals surface area contributed by atoms with E-state index in [0.29, 0.717) is 22.6 Å². The smallest absolute Gasteiger partial charge is 0.266 e. The second-order valence-corrected chi connectivity index (χ2v) is 9.68. The summed E-state index contributed by atoms with van der Waals surface area (Å²) in [4.78, 5) is 19.6. The SMILES string of the molecule is Cc1nc(Cc2ccc(F)cc2)sc1C(=O)N(C)C(C)c1cccc(S(N)(=O)=O)c1. The molecule has 1 atom stereocenters. The highest BCUT2D eigenvalue weighted by atomic mass is 32.2. The maximum atomic E-state index is 13.1. The monoisotopic (exact) mass is 447 g/mol. The fourth-order valence-corrected chi connectivity index (χ4v) is 4.66. The number of hydrogen-bond donors (Lipinski definition) is 1. The number of sulfonamides is 1. The molecule has 1 amide bonds. The Morgan fingerprint density at radius 3 is 2.53 bits per heavy atom. The molecule has 0 spiro atoms. The number of aromatic nitrogens is 1. The zero-order valence-electron chi connectivity index (χ0n) is 16.8. The highest BCUT2D eigenvalue weighted by molar-refractivity contribution is 7.89. The van der Waals surface area contributed by atoms with Gasteiger partial charge >= 0.3 is 0 Å². The minimum atomic E-state index is -3.83. The van der Waals surface area contributed by atoms with Gasteiger partial charge in [-0.25, -0.2) is 22.9 Å². The summed E-state index contributed by atoms with van der Waals surface area (Å²) in [6.45, 7) is 3.59. The number of halogens is 1. The van der Waals surface area contributed by atoms with Crippen LogP contribution in [0.1, 0.15) is 44.5 Å². The molecular formula is C21H22FN3O3S2. The molecule has 0 bridgehead atoms. The van der Waals surface area contributed by atoms with Gasteiger partial charge in [-0.05, 0) is 49.2 Å². The molecule has 0 radical (unpaired) electrons. The molecule has 3 aromatic rings. The molecule has 6 nitrogen and oxygen atoms in total. The van der Waals surface area contributed by atoms with Gasteiger partial charge in [-0.1, -0.05) is 24.3 Å². The number of nitrogens with zero attached hydrogens (tertiary/aromatic N) is 2. The predicted octanol–water partition coefficient (Wildman–Crippen LogP) is 3.66. The van der Waals surface area contributed by atoms with Crippen molar-refractivity contribution in [1.82, 2.24) is 9.88 Å². The second kappa shape index (κ2) is 8.63. The summed E-state index contributed by atoms with van der Waals surface area (Å²) in [5.74, 6) is -0.504. The van der Waals surface area contributed by atoms with Crippen LogP contribution >= 0.6 is 11.3 Å². The summed E-state index contributed by atoms with van der Waals surface area (Å²) in [7, 11) is -2.17. The van der Waals surface area contributed by atoms with Crippen molar-refractivity contribution in [1.29, 1.82) is 0 Å². The molecule has 9 heteroatoms. The van der Waals surface area contributed by atoms with Crippen LogP contribution in [-0.2, 0) is 16.4 Å². The minimum Gasteiger partial charge on any atom is -0.334 e. The van der Waals surface area contributed by atoms with Crippen LogP contribution in [0.2, 0.25) is 0 Å². The topological polar surface area (TPSA) is 93.4 Å². The molecule has 1 aromatic heterocycles. The molecule has 0 aliphatic heterocycles. The molecule has 30 heavy (non-hydrogen) atoms. The van der Waals surface area contributed by atoms with E-state index in [1.807, 2.05) is 6.92 Å². The van der Waals surface area contributed by atoms with E-state index in [9.17, 15) is 17.6 Å². The van der Waals surface area contributed by atoms with E-state index in [4.69, 9.17) is 5.14 Å². The lowest BCUT2D eigenvalue weighted by molar-refractivity contribution is 0.0746. The summed E-state index contributed by atoms with van der Waals surface area (Å²) in [5.41, 5.74) is 2.19. The summed E-state index contributed by atoms with van der Waals surface area (Å²) >= 11 is 1.30. The maximum absolute atomic E-state index is 13.1. The number of carbonyl (C=O) groups is 1. The molecule has 0 fully saturated rings. The lowest BCUT2D eigenvalue weighted by Crippen LogP contribution is -2.29. The Morgan fingerprint density at radius 1 is 1.23 bits per heavy atom. The maximum Gasteiger partial charge on any atom is 0.266 e. The summed E-state index contributed by atoms with van der Waals surface area (Å²) in [6.07, 6.45) is 0.509. The van der Waals surface area contributed by atoms with Crippen molar-refractivity contribution in [3.8, 4) is 0 Å². The number of rotatable bonds is 6. The Hall–Kier alpha value is -2.62. The highest BCUT2D eigenvalue weighted by Crippen LogP contribution is 2.27. The van der Waals surface area contributed by atoms with Crippen molar-refractivity contribution in [2.45, 2.75) is 31.2 Å². The number of primary sulfonamides is 1. The molecule has 2 aromatic carbocycles. The van der Waals surface area contributed by atoms with Crippen LogP contribution in [0, 0.1) is 12.7 Å². The van der Waals surface area contributed by atoms with Gasteiger partial charge in [-0.2, -0.15) is 0 Å². The lowest BCUT2D eigenvalue weighted by atomic mass is 10.1. The van der Waals surface area contributed by atoms with Crippen LogP contribution in [0.15, 0.2) is 53.4 Å². The number of hydrogen-bond acceptors (Lipinski definition) is 5. The Kier molecular flexibility index (Phi) is 6.35. The van der Waals surface area contributed by atoms with E-state index in [1.165, 1.54) is 35.6 Å². The molecule has 3 rings (SSSR count). The van der Waals surface area contributed by atoms with Crippen LogP contribution in [0.3, 0.4) is 0 Å². The first kappa shape index (κ1) is 22.1.